The molecule has 5 heteroatoms. The van der Waals surface area contributed by atoms with Gasteiger partial charge in [-0.05, 0) is 26.7 Å². The van der Waals surface area contributed by atoms with Crippen LogP contribution in [-0.2, 0) is 4.79 Å². The Morgan fingerprint density at radius 1 is 1.43 bits per heavy atom. The highest BCUT2D eigenvalue weighted by Crippen LogP contribution is 2.18. The fourth-order valence-electron chi connectivity index (χ4n) is 1.03. The smallest absolute Gasteiger partial charge is 0.315 e. The summed E-state index contributed by atoms with van der Waals surface area (Å²) in [7, 11) is 0. The number of hydrogen-bond donors (Lipinski definition) is 3. The second kappa shape index (κ2) is 4.83. The maximum absolute atomic E-state index is 11.4. The van der Waals surface area contributed by atoms with Crippen LogP contribution < -0.4 is 16.0 Å². The van der Waals surface area contributed by atoms with Crippen molar-refractivity contribution >= 4 is 11.9 Å². The Balaban J connectivity index is 2.21. The van der Waals surface area contributed by atoms with Crippen LogP contribution in [-0.4, -0.2) is 30.6 Å². The summed E-state index contributed by atoms with van der Waals surface area (Å²) in [5.74, 6) is -0.112. The molecule has 80 valence electrons. The highest BCUT2D eigenvalue weighted by Gasteiger charge is 2.25. The molecule has 0 saturated heterocycles. The Hall–Kier alpha value is -1.26. The summed E-state index contributed by atoms with van der Waals surface area (Å²) in [6.45, 7) is 4.06. The first-order chi connectivity index (χ1) is 6.63. The van der Waals surface area contributed by atoms with Crippen molar-refractivity contribution in [2.24, 2.45) is 0 Å². The molecule has 0 aromatic carbocycles. The fourth-order valence-corrected chi connectivity index (χ4v) is 1.03. The maximum Gasteiger partial charge on any atom is 0.315 e. The Morgan fingerprint density at radius 3 is 2.57 bits per heavy atom. The van der Waals surface area contributed by atoms with Gasteiger partial charge in [0.1, 0.15) is 6.04 Å². The van der Waals surface area contributed by atoms with Gasteiger partial charge < -0.3 is 16.0 Å². The topological polar surface area (TPSA) is 70.2 Å². The van der Waals surface area contributed by atoms with Crippen LogP contribution in [0.3, 0.4) is 0 Å². The summed E-state index contributed by atoms with van der Waals surface area (Å²) in [5, 5.41) is 7.94. The molecule has 14 heavy (non-hydrogen) atoms. The molecule has 1 rings (SSSR count). The van der Waals surface area contributed by atoms with Crippen LogP contribution in [0.2, 0.25) is 0 Å². The molecule has 1 atom stereocenters. The fraction of sp³-hybridized carbons (Fsp3) is 0.778. The number of rotatable bonds is 4. The van der Waals surface area contributed by atoms with Gasteiger partial charge >= 0.3 is 6.03 Å². The summed E-state index contributed by atoms with van der Waals surface area (Å²) >= 11 is 0. The van der Waals surface area contributed by atoms with Crippen molar-refractivity contribution in [1.29, 1.82) is 0 Å². The summed E-state index contributed by atoms with van der Waals surface area (Å²) in [6.07, 6.45) is 2.11. The zero-order chi connectivity index (χ0) is 10.6. The van der Waals surface area contributed by atoms with Gasteiger partial charge in [-0.25, -0.2) is 4.79 Å². The van der Waals surface area contributed by atoms with Crippen molar-refractivity contribution in [2.45, 2.75) is 38.8 Å². The molecule has 1 fully saturated rings. The Morgan fingerprint density at radius 2 is 2.07 bits per heavy atom. The van der Waals surface area contributed by atoms with E-state index in [4.69, 9.17) is 0 Å². The Kier molecular flexibility index (Phi) is 3.73. The van der Waals surface area contributed by atoms with E-state index in [0.717, 1.165) is 12.8 Å². The molecule has 3 N–H and O–H groups in total. The molecule has 0 aromatic heterocycles. The van der Waals surface area contributed by atoms with Gasteiger partial charge in [0.15, 0.2) is 0 Å². The third-order valence-corrected chi connectivity index (χ3v) is 2.00. The largest absolute Gasteiger partial charge is 0.352 e. The van der Waals surface area contributed by atoms with Crippen molar-refractivity contribution in [3.05, 3.63) is 0 Å². The summed E-state index contributed by atoms with van der Waals surface area (Å²) in [4.78, 5) is 22.4. The van der Waals surface area contributed by atoms with E-state index in [1.165, 1.54) is 0 Å². The SMILES string of the molecule is CCNC(=O)NC(C)C(=O)NC1CC1. The van der Waals surface area contributed by atoms with Crippen molar-refractivity contribution in [1.82, 2.24) is 16.0 Å². The minimum absolute atomic E-state index is 0.112. The quantitative estimate of drug-likeness (QED) is 0.595. The van der Waals surface area contributed by atoms with E-state index < -0.39 is 6.04 Å². The standard InChI is InChI=1S/C9H17N3O2/c1-3-10-9(14)11-6(2)8(13)12-7-4-5-7/h6-7H,3-5H2,1-2H3,(H,12,13)(H2,10,11,14). The van der Waals surface area contributed by atoms with Gasteiger partial charge in [-0.15, -0.1) is 0 Å². The van der Waals surface area contributed by atoms with Crippen molar-refractivity contribution in [3.63, 3.8) is 0 Å². The number of carbonyl (C=O) groups excluding carboxylic acids is 2. The van der Waals surface area contributed by atoms with E-state index in [-0.39, 0.29) is 11.9 Å². The molecule has 0 aromatic rings. The van der Waals surface area contributed by atoms with Crippen LogP contribution >= 0.6 is 0 Å². The molecule has 1 unspecified atom stereocenters. The van der Waals surface area contributed by atoms with Crippen molar-refractivity contribution < 1.29 is 9.59 Å². The average molecular weight is 199 g/mol. The van der Waals surface area contributed by atoms with E-state index in [1.54, 1.807) is 6.92 Å². The predicted octanol–water partition coefficient (Wildman–Crippen LogP) is -0.0274. The molecule has 0 heterocycles. The first kappa shape index (κ1) is 10.8. The van der Waals surface area contributed by atoms with Gasteiger partial charge in [-0.1, -0.05) is 0 Å². The van der Waals surface area contributed by atoms with Crippen LogP contribution in [0.1, 0.15) is 26.7 Å². The molecule has 0 radical (unpaired) electrons. The lowest BCUT2D eigenvalue weighted by Crippen LogP contribution is -2.48. The monoisotopic (exact) mass is 199 g/mol. The van der Waals surface area contributed by atoms with Gasteiger partial charge in [-0.2, -0.15) is 0 Å². The molecule has 1 saturated carbocycles. The molecular formula is C9H17N3O2. The summed E-state index contributed by atoms with van der Waals surface area (Å²) in [6, 6.07) is -0.436. The van der Waals surface area contributed by atoms with Crippen LogP contribution in [0.15, 0.2) is 0 Å². The van der Waals surface area contributed by atoms with Gasteiger partial charge in [-0.3, -0.25) is 4.79 Å². The van der Waals surface area contributed by atoms with Crippen molar-refractivity contribution in [2.75, 3.05) is 6.54 Å². The molecule has 5 nitrogen and oxygen atoms in total. The van der Waals surface area contributed by atoms with E-state index in [0.29, 0.717) is 12.6 Å². The molecule has 3 amide bonds. The lowest BCUT2D eigenvalue weighted by Gasteiger charge is -2.13. The lowest BCUT2D eigenvalue weighted by molar-refractivity contribution is -0.122. The van der Waals surface area contributed by atoms with Gasteiger partial charge in [0.2, 0.25) is 5.91 Å². The Bertz CT molecular complexity index is 226. The van der Waals surface area contributed by atoms with Crippen LogP contribution in [0.4, 0.5) is 4.79 Å². The number of amides is 3. The van der Waals surface area contributed by atoms with Crippen LogP contribution in [0, 0.1) is 0 Å². The predicted molar refractivity (Wildman–Crippen MR) is 52.8 cm³/mol. The number of carbonyl (C=O) groups is 2. The highest BCUT2D eigenvalue weighted by molar-refractivity contribution is 5.86. The van der Waals surface area contributed by atoms with E-state index in [1.807, 2.05) is 6.92 Å². The second-order valence-corrected chi connectivity index (χ2v) is 3.51. The van der Waals surface area contributed by atoms with E-state index in [9.17, 15) is 9.59 Å². The Labute approximate surface area is 83.6 Å². The summed E-state index contributed by atoms with van der Waals surface area (Å²) in [5.41, 5.74) is 0. The maximum atomic E-state index is 11.4. The molecule has 1 aliphatic carbocycles. The number of hydrogen-bond acceptors (Lipinski definition) is 2. The zero-order valence-corrected chi connectivity index (χ0v) is 8.59. The second-order valence-electron chi connectivity index (χ2n) is 3.51. The molecule has 0 bridgehead atoms. The van der Waals surface area contributed by atoms with Gasteiger partial charge in [0.05, 0.1) is 0 Å². The minimum atomic E-state index is -0.470. The molecular weight excluding hydrogens is 182 g/mol. The molecule has 0 aliphatic heterocycles. The average Bonchev–Trinajstić information content (AvgIpc) is 2.88. The van der Waals surface area contributed by atoms with Gasteiger partial charge in [0, 0.05) is 12.6 Å². The van der Waals surface area contributed by atoms with Gasteiger partial charge in [0.25, 0.3) is 0 Å². The highest BCUT2D eigenvalue weighted by atomic mass is 16.2. The van der Waals surface area contributed by atoms with E-state index >= 15 is 0 Å². The number of nitrogens with one attached hydrogen (secondary N) is 3. The molecule has 1 aliphatic rings. The summed E-state index contributed by atoms with van der Waals surface area (Å²) < 4.78 is 0. The van der Waals surface area contributed by atoms with Crippen LogP contribution in [0.25, 0.3) is 0 Å². The third-order valence-electron chi connectivity index (χ3n) is 2.00. The third kappa shape index (κ3) is 3.64. The normalized spacial score (nSPS) is 17.0. The van der Waals surface area contributed by atoms with Crippen molar-refractivity contribution in [3.8, 4) is 0 Å². The lowest BCUT2D eigenvalue weighted by atomic mass is 10.3. The minimum Gasteiger partial charge on any atom is -0.352 e. The van der Waals surface area contributed by atoms with E-state index in [2.05, 4.69) is 16.0 Å². The zero-order valence-electron chi connectivity index (χ0n) is 8.59. The first-order valence-electron chi connectivity index (χ1n) is 4.98. The molecule has 0 spiro atoms. The van der Waals surface area contributed by atoms with Crippen LogP contribution in [0.5, 0.6) is 0 Å². The number of urea groups is 1. The first-order valence-corrected chi connectivity index (χ1v) is 4.98.